The van der Waals surface area contributed by atoms with Crippen molar-refractivity contribution < 1.29 is 28.8 Å². The molecule has 9 fully saturated rings. The third-order valence-corrected chi connectivity index (χ3v) is 15.7. The monoisotopic (exact) mass is 879 g/mol. The molecule has 356 valence electrons. The van der Waals surface area contributed by atoms with Gasteiger partial charge in [-0.1, -0.05) is 116 Å². The Kier molecular flexibility index (Phi) is 20.3. The van der Waals surface area contributed by atoms with Crippen LogP contribution in [-0.4, -0.2) is 71.2 Å². The molecule has 0 aromatic rings. The SMILES string of the molecule is CCC1C(=O)NC1(C)C.CC[C@@H]1C(=O)N[C@H]1C.O=C1N[C@@H]2CC/C=C\CCC12.O=C1N[C@@H]2CCCCC12.O=C1N[C@@H]2CCCCCCC12.O=C1N[C@@H]2CCCCCCCCCCC12. The van der Waals surface area contributed by atoms with Gasteiger partial charge in [-0.25, -0.2) is 0 Å². The van der Waals surface area contributed by atoms with Gasteiger partial charge in [-0.05, 0) is 97.8 Å². The average Bonchev–Trinajstić information content (AvgIpc) is 3.22. The Morgan fingerprint density at radius 2 is 0.778 bits per heavy atom. The van der Waals surface area contributed by atoms with E-state index < -0.39 is 0 Å². The van der Waals surface area contributed by atoms with E-state index in [2.05, 4.69) is 57.9 Å². The number of hydrogen-bond acceptors (Lipinski definition) is 6. The van der Waals surface area contributed by atoms with Gasteiger partial charge in [0.05, 0.1) is 35.5 Å². The highest BCUT2D eigenvalue weighted by Crippen LogP contribution is 2.32. The van der Waals surface area contributed by atoms with Crippen LogP contribution in [0.15, 0.2) is 12.2 Å². The number of rotatable bonds is 2. The van der Waals surface area contributed by atoms with Crippen molar-refractivity contribution >= 4 is 35.4 Å². The van der Waals surface area contributed by atoms with E-state index in [0.717, 1.165) is 57.8 Å². The first-order valence-electron chi connectivity index (χ1n) is 25.8. The molecule has 12 nitrogen and oxygen atoms in total. The summed E-state index contributed by atoms with van der Waals surface area (Å²) in [7, 11) is 0. The molecule has 6 heterocycles. The summed E-state index contributed by atoms with van der Waals surface area (Å²) >= 11 is 0. The first-order valence-corrected chi connectivity index (χ1v) is 25.8. The number of allylic oxidation sites excluding steroid dienone is 2. The summed E-state index contributed by atoms with van der Waals surface area (Å²) in [4.78, 5) is 65.5. The Morgan fingerprint density at radius 3 is 1.10 bits per heavy atom. The highest BCUT2D eigenvalue weighted by Gasteiger charge is 2.45. The van der Waals surface area contributed by atoms with Gasteiger partial charge in [0.1, 0.15) is 0 Å². The van der Waals surface area contributed by atoms with Gasteiger partial charge in [0.25, 0.3) is 0 Å². The highest BCUT2D eigenvalue weighted by atomic mass is 16.2. The van der Waals surface area contributed by atoms with Crippen LogP contribution in [0.4, 0.5) is 0 Å². The second-order valence-corrected chi connectivity index (χ2v) is 20.7. The molecule has 5 unspecified atom stereocenters. The lowest BCUT2D eigenvalue weighted by molar-refractivity contribution is -0.140. The van der Waals surface area contributed by atoms with Crippen LogP contribution in [0.5, 0.6) is 0 Å². The zero-order valence-corrected chi connectivity index (χ0v) is 39.8. The quantitative estimate of drug-likeness (QED) is 0.122. The second kappa shape index (κ2) is 25.3. The Balaban J connectivity index is 0.000000144. The number of carbonyl (C=O) groups excluding carboxylic acids is 6. The molecule has 0 radical (unpaired) electrons. The van der Waals surface area contributed by atoms with Crippen LogP contribution in [0.2, 0.25) is 0 Å². The summed E-state index contributed by atoms with van der Waals surface area (Å²) in [5.41, 5.74) is 0.0613. The van der Waals surface area contributed by atoms with Crippen LogP contribution in [0, 0.1) is 35.5 Å². The fourth-order valence-corrected chi connectivity index (χ4v) is 11.3. The molecule has 0 aromatic carbocycles. The van der Waals surface area contributed by atoms with E-state index in [1.54, 1.807) is 0 Å². The lowest BCUT2D eigenvalue weighted by Gasteiger charge is -2.43. The van der Waals surface area contributed by atoms with Gasteiger partial charge in [-0.2, -0.15) is 0 Å². The van der Waals surface area contributed by atoms with Crippen molar-refractivity contribution in [2.24, 2.45) is 35.5 Å². The van der Waals surface area contributed by atoms with Crippen LogP contribution in [-0.2, 0) is 28.8 Å². The molecule has 0 spiro atoms. The minimum atomic E-state index is 0.0613. The van der Waals surface area contributed by atoms with Gasteiger partial charge < -0.3 is 31.9 Å². The van der Waals surface area contributed by atoms with Gasteiger partial charge in [0.2, 0.25) is 35.4 Å². The van der Waals surface area contributed by atoms with Crippen LogP contribution >= 0.6 is 0 Å². The van der Waals surface area contributed by atoms with Crippen molar-refractivity contribution in [1.82, 2.24) is 31.9 Å². The molecule has 0 aromatic heterocycles. The van der Waals surface area contributed by atoms with E-state index in [1.807, 2.05) is 20.8 Å². The molecular weight excluding hydrogens is 793 g/mol. The fraction of sp³-hybridized carbons (Fsp3) is 0.843. The zero-order valence-electron chi connectivity index (χ0n) is 39.8. The molecule has 10 aliphatic rings. The van der Waals surface area contributed by atoms with Crippen LogP contribution in [0.25, 0.3) is 0 Å². The van der Waals surface area contributed by atoms with E-state index in [4.69, 9.17) is 0 Å². The Morgan fingerprint density at radius 1 is 0.429 bits per heavy atom. The van der Waals surface area contributed by atoms with Crippen molar-refractivity contribution in [2.45, 2.75) is 237 Å². The fourth-order valence-electron chi connectivity index (χ4n) is 11.3. The Labute approximate surface area is 380 Å². The highest BCUT2D eigenvalue weighted by molar-refractivity contribution is 5.88. The second-order valence-electron chi connectivity index (χ2n) is 20.7. The van der Waals surface area contributed by atoms with Crippen molar-refractivity contribution in [2.75, 3.05) is 0 Å². The number of amides is 6. The van der Waals surface area contributed by atoms with E-state index in [9.17, 15) is 28.8 Å². The predicted octanol–water partition coefficient (Wildman–Crippen LogP) is 7.83. The summed E-state index contributed by atoms with van der Waals surface area (Å²) < 4.78 is 0. The predicted molar refractivity (Wildman–Crippen MR) is 249 cm³/mol. The van der Waals surface area contributed by atoms with E-state index in [-0.39, 0.29) is 29.2 Å². The summed E-state index contributed by atoms with van der Waals surface area (Å²) in [6.45, 7) is 10.2. The van der Waals surface area contributed by atoms with Gasteiger partial charge >= 0.3 is 0 Å². The summed E-state index contributed by atoms with van der Waals surface area (Å²) in [6, 6.07) is 2.55. The maximum atomic E-state index is 11.4. The molecule has 63 heavy (non-hydrogen) atoms. The van der Waals surface area contributed by atoms with Crippen LogP contribution < -0.4 is 31.9 Å². The van der Waals surface area contributed by atoms with Crippen LogP contribution in [0.1, 0.15) is 202 Å². The minimum absolute atomic E-state index is 0.0613. The standard InChI is InChI=1S/C13H23NO.C9H15NO.C9H13NO.C7H11NO.C7H13NO.C6H11NO/c15-13-11-9-7-5-3-1-2-4-6-8-10-12(11)14-13;2*11-9-7-5-3-1-2-4-6-8(7)10-9;9-7-5-3-1-2-4-6(5)8-7;1-4-5-6(9)8-7(5,2)3;1-3-5-4(2)7-6(5)8/h11-12H,1-10H2,(H,14,15);7-8H,1-6H2,(H,10,11);1-2,7-8H,3-6H2,(H,10,11);5-6H,1-4H2,(H,8,9);5H,4H2,1-3H3,(H,8,9);4-5H,3H2,1-2H3,(H,7,8)/b;;2-1-;;;/t11?,12-;2*7?,8-;5?,6-;;4-,5-/m1111.0/s1. The molecule has 3 saturated carbocycles. The summed E-state index contributed by atoms with van der Waals surface area (Å²) in [5.74, 6) is 3.65. The summed E-state index contributed by atoms with van der Waals surface area (Å²) in [5, 5.41) is 17.5. The van der Waals surface area contributed by atoms with Crippen molar-refractivity contribution in [3.8, 4) is 0 Å². The minimum Gasteiger partial charge on any atom is -0.353 e. The lowest BCUT2D eigenvalue weighted by atomic mass is 9.77. The molecule has 6 N–H and O–H groups in total. The molecule has 11 atom stereocenters. The number of carbonyl (C=O) groups is 6. The number of β-lactam (4-membered cyclic amide) rings is 6. The molecule has 0 bridgehead atoms. The van der Waals surface area contributed by atoms with E-state index in [0.29, 0.717) is 77.5 Å². The first kappa shape index (κ1) is 50.6. The molecular formula is C51H86N6O6. The maximum absolute atomic E-state index is 11.4. The van der Waals surface area contributed by atoms with Crippen molar-refractivity contribution in [1.29, 1.82) is 0 Å². The topological polar surface area (TPSA) is 175 Å². The number of fused-ring (bicyclic) bond motifs is 4. The molecule has 10 rings (SSSR count). The van der Waals surface area contributed by atoms with Crippen molar-refractivity contribution in [3.63, 3.8) is 0 Å². The van der Waals surface area contributed by atoms with Gasteiger partial charge in [-0.15, -0.1) is 0 Å². The third kappa shape index (κ3) is 14.5. The third-order valence-electron chi connectivity index (χ3n) is 15.7. The van der Waals surface area contributed by atoms with E-state index in [1.165, 1.54) is 109 Å². The number of nitrogens with one attached hydrogen (secondary N) is 6. The lowest BCUT2D eigenvalue weighted by Crippen LogP contribution is -2.65. The largest absolute Gasteiger partial charge is 0.353 e. The maximum Gasteiger partial charge on any atom is 0.225 e. The Bertz CT molecular complexity index is 1550. The zero-order chi connectivity index (χ0) is 45.4. The average molecular weight is 879 g/mol. The molecule has 6 aliphatic heterocycles. The van der Waals surface area contributed by atoms with Gasteiger partial charge in [0.15, 0.2) is 0 Å². The molecule has 4 aliphatic carbocycles. The first-order chi connectivity index (χ1) is 30.3. The smallest absolute Gasteiger partial charge is 0.225 e. The van der Waals surface area contributed by atoms with Crippen molar-refractivity contribution in [3.05, 3.63) is 12.2 Å². The molecule has 12 heteroatoms. The number of hydrogen-bond donors (Lipinski definition) is 6. The normalized spacial score (nSPS) is 36.3. The summed E-state index contributed by atoms with van der Waals surface area (Å²) in [6.07, 6.45) is 36.5. The van der Waals surface area contributed by atoms with Gasteiger partial charge in [0, 0.05) is 35.7 Å². The van der Waals surface area contributed by atoms with Gasteiger partial charge in [-0.3, -0.25) is 28.8 Å². The van der Waals surface area contributed by atoms with E-state index >= 15 is 0 Å². The molecule has 6 saturated heterocycles. The van der Waals surface area contributed by atoms with Crippen LogP contribution in [0.3, 0.4) is 0 Å². The molecule has 6 amide bonds. The Hall–Kier alpha value is -3.44.